The lowest BCUT2D eigenvalue weighted by atomic mass is 10.0. The van der Waals surface area contributed by atoms with Crippen molar-refractivity contribution in [3.05, 3.63) is 42.0 Å². The average Bonchev–Trinajstić information content (AvgIpc) is 2.34. The van der Waals surface area contributed by atoms with Crippen LogP contribution in [0.4, 0.5) is 0 Å². The van der Waals surface area contributed by atoms with Crippen molar-refractivity contribution >= 4 is 10.8 Å². The highest BCUT2D eigenvalue weighted by molar-refractivity contribution is 5.89. The summed E-state index contributed by atoms with van der Waals surface area (Å²) >= 11 is 0. The zero-order valence-corrected chi connectivity index (χ0v) is 10.4. The third-order valence-corrected chi connectivity index (χ3v) is 3.52. The molecule has 0 aromatic heterocycles. The maximum atomic E-state index is 10.4. The molecule has 3 heteroatoms. The van der Waals surface area contributed by atoms with Crippen LogP contribution in [-0.2, 0) is 4.74 Å². The van der Waals surface area contributed by atoms with Gasteiger partial charge in [-0.3, -0.25) is 0 Å². The standard InChI is InChI=1S/C15H17NO2/c1-10(16-12-8-18-9-12)13-7-6-11-4-2-3-5-14(11)15(13)17/h2-7,10,12,16-17H,8-9H2,1H3. The largest absolute Gasteiger partial charge is 0.507 e. The highest BCUT2D eigenvalue weighted by atomic mass is 16.5. The lowest BCUT2D eigenvalue weighted by molar-refractivity contribution is -0.00933. The predicted molar refractivity (Wildman–Crippen MR) is 71.8 cm³/mol. The van der Waals surface area contributed by atoms with Gasteiger partial charge in [-0.05, 0) is 12.3 Å². The fourth-order valence-corrected chi connectivity index (χ4v) is 2.40. The Morgan fingerprint density at radius 2 is 2.00 bits per heavy atom. The Morgan fingerprint density at radius 3 is 2.72 bits per heavy atom. The van der Waals surface area contributed by atoms with E-state index < -0.39 is 0 Å². The van der Waals surface area contributed by atoms with Crippen molar-refractivity contribution in [2.75, 3.05) is 13.2 Å². The van der Waals surface area contributed by atoms with Gasteiger partial charge in [0.15, 0.2) is 0 Å². The highest BCUT2D eigenvalue weighted by Gasteiger charge is 2.22. The quantitative estimate of drug-likeness (QED) is 0.870. The van der Waals surface area contributed by atoms with Crippen LogP contribution in [0.1, 0.15) is 18.5 Å². The molecule has 0 spiro atoms. The van der Waals surface area contributed by atoms with Gasteiger partial charge in [0.05, 0.1) is 19.3 Å². The summed E-state index contributed by atoms with van der Waals surface area (Å²) < 4.78 is 5.15. The van der Waals surface area contributed by atoms with Gasteiger partial charge in [0, 0.05) is 17.0 Å². The first kappa shape index (κ1) is 11.5. The zero-order chi connectivity index (χ0) is 12.5. The lowest BCUT2D eigenvalue weighted by Crippen LogP contribution is -2.46. The minimum Gasteiger partial charge on any atom is -0.507 e. The normalized spacial score (nSPS) is 17.6. The van der Waals surface area contributed by atoms with Gasteiger partial charge in [-0.1, -0.05) is 36.4 Å². The summed E-state index contributed by atoms with van der Waals surface area (Å²) in [6.07, 6.45) is 0. The van der Waals surface area contributed by atoms with Crippen LogP contribution in [0.15, 0.2) is 36.4 Å². The Labute approximate surface area is 106 Å². The molecule has 3 nitrogen and oxygen atoms in total. The van der Waals surface area contributed by atoms with Gasteiger partial charge in [0.2, 0.25) is 0 Å². The summed E-state index contributed by atoms with van der Waals surface area (Å²) in [5.41, 5.74) is 0.945. The molecule has 94 valence electrons. The second kappa shape index (κ2) is 4.59. The fraction of sp³-hybridized carbons (Fsp3) is 0.333. The molecular formula is C15H17NO2. The highest BCUT2D eigenvalue weighted by Crippen LogP contribution is 2.32. The van der Waals surface area contributed by atoms with Crippen molar-refractivity contribution in [1.82, 2.24) is 5.32 Å². The Balaban J connectivity index is 1.93. The number of hydrogen-bond donors (Lipinski definition) is 2. The van der Waals surface area contributed by atoms with E-state index in [9.17, 15) is 5.11 Å². The van der Waals surface area contributed by atoms with E-state index in [0.717, 1.165) is 29.5 Å². The van der Waals surface area contributed by atoms with Crippen LogP contribution < -0.4 is 5.32 Å². The summed E-state index contributed by atoms with van der Waals surface area (Å²) in [4.78, 5) is 0. The number of nitrogens with one attached hydrogen (secondary N) is 1. The monoisotopic (exact) mass is 243 g/mol. The topological polar surface area (TPSA) is 41.5 Å². The van der Waals surface area contributed by atoms with Gasteiger partial charge in [-0.2, -0.15) is 0 Å². The number of hydrogen-bond acceptors (Lipinski definition) is 3. The summed E-state index contributed by atoms with van der Waals surface area (Å²) in [7, 11) is 0. The van der Waals surface area contributed by atoms with E-state index in [-0.39, 0.29) is 6.04 Å². The molecule has 1 atom stereocenters. The lowest BCUT2D eigenvalue weighted by Gasteiger charge is -2.30. The second-order valence-corrected chi connectivity index (χ2v) is 4.85. The van der Waals surface area contributed by atoms with Gasteiger partial charge in [0.1, 0.15) is 5.75 Å². The van der Waals surface area contributed by atoms with E-state index in [0.29, 0.717) is 11.8 Å². The van der Waals surface area contributed by atoms with Crippen molar-refractivity contribution < 1.29 is 9.84 Å². The molecule has 1 fully saturated rings. The molecular weight excluding hydrogens is 226 g/mol. The van der Waals surface area contributed by atoms with Crippen molar-refractivity contribution in [1.29, 1.82) is 0 Å². The van der Waals surface area contributed by atoms with E-state index in [4.69, 9.17) is 4.74 Å². The van der Waals surface area contributed by atoms with Crippen LogP contribution >= 0.6 is 0 Å². The molecule has 0 bridgehead atoms. The van der Waals surface area contributed by atoms with Crippen LogP contribution in [0.25, 0.3) is 10.8 Å². The molecule has 1 saturated heterocycles. The molecule has 1 aliphatic rings. The van der Waals surface area contributed by atoms with Gasteiger partial charge in [-0.25, -0.2) is 0 Å². The van der Waals surface area contributed by atoms with Crippen molar-refractivity contribution in [2.24, 2.45) is 0 Å². The Bertz CT molecular complexity index is 563. The van der Waals surface area contributed by atoms with Gasteiger partial charge in [-0.15, -0.1) is 0 Å². The van der Waals surface area contributed by atoms with Gasteiger partial charge >= 0.3 is 0 Å². The Morgan fingerprint density at radius 1 is 1.22 bits per heavy atom. The Hall–Kier alpha value is -1.58. The number of phenolic OH excluding ortho intramolecular Hbond substituents is 1. The SMILES string of the molecule is CC(NC1COC1)c1ccc2ccccc2c1O. The molecule has 18 heavy (non-hydrogen) atoms. The number of ether oxygens (including phenoxy) is 1. The number of aromatic hydroxyl groups is 1. The molecule has 2 aromatic carbocycles. The second-order valence-electron chi connectivity index (χ2n) is 4.85. The summed E-state index contributed by atoms with van der Waals surface area (Å²) in [6, 6.07) is 12.5. The van der Waals surface area contributed by atoms with Crippen LogP contribution in [0.5, 0.6) is 5.75 Å². The first-order valence-corrected chi connectivity index (χ1v) is 6.30. The number of fused-ring (bicyclic) bond motifs is 1. The van der Waals surface area contributed by atoms with E-state index in [1.807, 2.05) is 30.3 Å². The summed E-state index contributed by atoms with van der Waals surface area (Å²) in [5.74, 6) is 0.383. The molecule has 2 aromatic rings. The van der Waals surface area contributed by atoms with Crippen molar-refractivity contribution in [2.45, 2.75) is 19.0 Å². The maximum absolute atomic E-state index is 10.4. The third kappa shape index (κ3) is 1.96. The first-order chi connectivity index (χ1) is 8.75. The number of phenols is 1. The van der Waals surface area contributed by atoms with E-state index in [2.05, 4.69) is 18.3 Å². The van der Waals surface area contributed by atoms with Crippen LogP contribution in [0.2, 0.25) is 0 Å². The minimum absolute atomic E-state index is 0.128. The van der Waals surface area contributed by atoms with Gasteiger partial charge in [0.25, 0.3) is 0 Å². The van der Waals surface area contributed by atoms with Crippen LogP contribution in [-0.4, -0.2) is 24.4 Å². The molecule has 0 radical (unpaired) electrons. The summed E-state index contributed by atoms with van der Waals surface area (Å²) in [5, 5.41) is 15.8. The molecule has 0 saturated carbocycles. The molecule has 3 rings (SSSR count). The van der Waals surface area contributed by atoms with Crippen molar-refractivity contribution in [3.8, 4) is 5.75 Å². The minimum atomic E-state index is 0.128. The van der Waals surface area contributed by atoms with Crippen LogP contribution in [0, 0.1) is 0 Å². The molecule has 2 N–H and O–H groups in total. The molecule has 1 unspecified atom stereocenters. The van der Waals surface area contributed by atoms with E-state index in [1.54, 1.807) is 0 Å². The predicted octanol–water partition coefficient (Wildman–Crippen LogP) is 2.59. The van der Waals surface area contributed by atoms with E-state index >= 15 is 0 Å². The Kier molecular flexibility index (Phi) is 2.94. The van der Waals surface area contributed by atoms with Gasteiger partial charge < -0.3 is 15.2 Å². The molecule has 0 amide bonds. The number of rotatable bonds is 3. The van der Waals surface area contributed by atoms with E-state index in [1.165, 1.54) is 0 Å². The third-order valence-electron chi connectivity index (χ3n) is 3.52. The number of benzene rings is 2. The summed E-state index contributed by atoms with van der Waals surface area (Å²) in [6.45, 7) is 3.60. The average molecular weight is 243 g/mol. The van der Waals surface area contributed by atoms with Crippen molar-refractivity contribution in [3.63, 3.8) is 0 Å². The first-order valence-electron chi connectivity index (χ1n) is 6.30. The molecule has 1 aliphatic heterocycles. The fourth-order valence-electron chi connectivity index (χ4n) is 2.40. The smallest absolute Gasteiger partial charge is 0.128 e. The van der Waals surface area contributed by atoms with Crippen LogP contribution in [0.3, 0.4) is 0 Å². The zero-order valence-electron chi connectivity index (χ0n) is 10.4. The molecule has 0 aliphatic carbocycles. The molecule has 1 heterocycles. The maximum Gasteiger partial charge on any atom is 0.128 e.